The SMILES string of the molecule is OC1(C2CC2)CN(c2ncccc2C(F)(F)F)C1. The topological polar surface area (TPSA) is 36.4 Å². The van der Waals surface area contributed by atoms with Crippen molar-refractivity contribution >= 4 is 5.82 Å². The van der Waals surface area contributed by atoms with Gasteiger partial charge in [0.1, 0.15) is 11.4 Å². The zero-order valence-corrected chi connectivity index (χ0v) is 9.61. The fourth-order valence-electron chi connectivity index (χ4n) is 2.51. The van der Waals surface area contributed by atoms with Crippen LogP contribution >= 0.6 is 0 Å². The van der Waals surface area contributed by atoms with Crippen molar-refractivity contribution in [1.29, 1.82) is 0 Å². The smallest absolute Gasteiger partial charge is 0.386 e. The van der Waals surface area contributed by atoms with Crippen molar-refractivity contribution in [2.45, 2.75) is 24.6 Å². The number of alkyl halides is 3. The zero-order valence-electron chi connectivity index (χ0n) is 9.61. The van der Waals surface area contributed by atoms with E-state index in [4.69, 9.17) is 0 Å². The average molecular weight is 258 g/mol. The second kappa shape index (κ2) is 3.60. The first kappa shape index (κ1) is 11.8. The minimum atomic E-state index is -4.41. The molecule has 1 saturated heterocycles. The number of nitrogens with zero attached hydrogens (tertiary/aromatic N) is 2. The van der Waals surface area contributed by atoms with Gasteiger partial charge in [0.15, 0.2) is 0 Å². The summed E-state index contributed by atoms with van der Waals surface area (Å²) in [7, 11) is 0. The molecule has 1 aromatic heterocycles. The molecule has 0 aromatic carbocycles. The predicted molar refractivity (Wildman–Crippen MR) is 59.1 cm³/mol. The average Bonchev–Trinajstić information content (AvgIpc) is 3.07. The molecule has 2 heterocycles. The summed E-state index contributed by atoms with van der Waals surface area (Å²) in [6.07, 6.45) is -1.12. The summed E-state index contributed by atoms with van der Waals surface area (Å²) in [6.45, 7) is 0.496. The van der Waals surface area contributed by atoms with Crippen molar-refractivity contribution in [3.8, 4) is 0 Å². The van der Waals surface area contributed by atoms with Crippen LogP contribution in [0.1, 0.15) is 18.4 Å². The van der Waals surface area contributed by atoms with Crippen molar-refractivity contribution in [1.82, 2.24) is 4.98 Å². The van der Waals surface area contributed by atoms with Crippen LogP contribution in [0.5, 0.6) is 0 Å². The Morgan fingerprint density at radius 1 is 1.33 bits per heavy atom. The van der Waals surface area contributed by atoms with Crippen LogP contribution in [0.3, 0.4) is 0 Å². The van der Waals surface area contributed by atoms with Crippen LogP contribution in [-0.2, 0) is 6.18 Å². The highest BCUT2D eigenvalue weighted by atomic mass is 19.4. The molecule has 2 fully saturated rings. The third-order valence-corrected chi connectivity index (χ3v) is 3.66. The van der Waals surface area contributed by atoms with Crippen molar-refractivity contribution in [3.05, 3.63) is 23.9 Å². The van der Waals surface area contributed by atoms with Crippen molar-refractivity contribution in [3.63, 3.8) is 0 Å². The summed E-state index contributed by atoms with van der Waals surface area (Å²) in [6, 6.07) is 2.30. The van der Waals surface area contributed by atoms with Crippen LogP contribution in [0.2, 0.25) is 0 Å². The van der Waals surface area contributed by atoms with Crippen LogP contribution in [-0.4, -0.2) is 28.8 Å². The van der Waals surface area contributed by atoms with E-state index in [-0.39, 0.29) is 24.8 Å². The van der Waals surface area contributed by atoms with Gasteiger partial charge < -0.3 is 10.0 Å². The molecular weight excluding hydrogens is 245 g/mol. The van der Waals surface area contributed by atoms with Gasteiger partial charge in [0.05, 0.1) is 18.7 Å². The van der Waals surface area contributed by atoms with E-state index < -0.39 is 17.3 Å². The van der Waals surface area contributed by atoms with Crippen molar-refractivity contribution in [2.24, 2.45) is 5.92 Å². The second-order valence-electron chi connectivity index (χ2n) is 5.11. The first-order valence-electron chi connectivity index (χ1n) is 5.90. The molecule has 1 saturated carbocycles. The molecule has 18 heavy (non-hydrogen) atoms. The Balaban J connectivity index is 1.82. The number of pyridine rings is 1. The van der Waals surface area contributed by atoms with Crippen molar-refractivity contribution < 1.29 is 18.3 Å². The summed E-state index contributed by atoms with van der Waals surface area (Å²) < 4.78 is 38.4. The van der Waals surface area contributed by atoms with Crippen LogP contribution in [0, 0.1) is 5.92 Å². The molecule has 0 atom stereocenters. The molecule has 1 aliphatic heterocycles. The molecule has 3 nitrogen and oxygen atoms in total. The van der Waals surface area contributed by atoms with Gasteiger partial charge >= 0.3 is 6.18 Å². The van der Waals surface area contributed by atoms with Crippen LogP contribution in [0.25, 0.3) is 0 Å². The molecule has 6 heteroatoms. The summed E-state index contributed by atoms with van der Waals surface area (Å²) in [5, 5.41) is 10.1. The van der Waals surface area contributed by atoms with E-state index in [1.165, 1.54) is 17.2 Å². The highest BCUT2D eigenvalue weighted by molar-refractivity contribution is 5.52. The van der Waals surface area contributed by atoms with E-state index in [2.05, 4.69) is 4.98 Å². The van der Waals surface area contributed by atoms with Gasteiger partial charge in [-0.1, -0.05) is 0 Å². The molecule has 1 N–H and O–H groups in total. The number of anilines is 1. The van der Waals surface area contributed by atoms with Crippen LogP contribution < -0.4 is 4.90 Å². The fraction of sp³-hybridized carbons (Fsp3) is 0.583. The van der Waals surface area contributed by atoms with E-state index in [1.807, 2.05) is 0 Å². The molecule has 1 aliphatic carbocycles. The maximum atomic E-state index is 12.8. The quantitative estimate of drug-likeness (QED) is 0.882. The highest BCUT2D eigenvalue weighted by Crippen LogP contribution is 2.47. The molecule has 0 amide bonds. The summed E-state index contributed by atoms with van der Waals surface area (Å²) in [5.74, 6) is 0.183. The Labute approximate surface area is 102 Å². The van der Waals surface area contributed by atoms with Crippen LogP contribution in [0.15, 0.2) is 18.3 Å². The predicted octanol–water partition coefficient (Wildman–Crippen LogP) is 2.06. The Morgan fingerprint density at radius 3 is 2.56 bits per heavy atom. The Kier molecular flexibility index (Phi) is 2.35. The van der Waals surface area contributed by atoms with Gasteiger partial charge in [0, 0.05) is 6.20 Å². The number of aromatic nitrogens is 1. The highest BCUT2D eigenvalue weighted by Gasteiger charge is 2.53. The maximum absolute atomic E-state index is 12.8. The number of rotatable bonds is 2. The van der Waals surface area contributed by atoms with Gasteiger partial charge in [-0.05, 0) is 30.9 Å². The van der Waals surface area contributed by atoms with Crippen molar-refractivity contribution in [2.75, 3.05) is 18.0 Å². The fourth-order valence-corrected chi connectivity index (χ4v) is 2.51. The second-order valence-corrected chi connectivity index (χ2v) is 5.11. The number of halogens is 3. The lowest BCUT2D eigenvalue weighted by atomic mass is 9.88. The minimum Gasteiger partial charge on any atom is -0.386 e. The Hall–Kier alpha value is -1.30. The van der Waals surface area contributed by atoms with E-state index in [9.17, 15) is 18.3 Å². The van der Waals surface area contributed by atoms with Gasteiger partial charge in [-0.25, -0.2) is 4.98 Å². The zero-order chi connectivity index (χ0) is 13.0. The third kappa shape index (κ3) is 1.84. The van der Waals surface area contributed by atoms with E-state index in [0.29, 0.717) is 0 Å². The third-order valence-electron chi connectivity index (χ3n) is 3.66. The summed E-state index contributed by atoms with van der Waals surface area (Å²) >= 11 is 0. The van der Waals surface area contributed by atoms with Crippen LogP contribution in [0.4, 0.5) is 19.0 Å². The molecule has 3 rings (SSSR count). The largest absolute Gasteiger partial charge is 0.419 e. The molecule has 1 aromatic rings. The van der Waals surface area contributed by atoms with E-state index >= 15 is 0 Å². The van der Waals surface area contributed by atoms with Gasteiger partial charge in [-0.2, -0.15) is 13.2 Å². The summed E-state index contributed by atoms with van der Waals surface area (Å²) in [4.78, 5) is 5.31. The monoisotopic (exact) mass is 258 g/mol. The van der Waals surface area contributed by atoms with Gasteiger partial charge in [0.2, 0.25) is 0 Å². The van der Waals surface area contributed by atoms with Gasteiger partial charge in [-0.3, -0.25) is 0 Å². The minimum absolute atomic E-state index is 0.0738. The maximum Gasteiger partial charge on any atom is 0.419 e. The lowest BCUT2D eigenvalue weighted by Crippen LogP contribution is -2.64. The molecule has 0 bridgehead atoms. The molecule has 0 unspecified atom stereocenters. The standard InChI is InChI=1S/C12H13F3N2O/c13-12(14,15)9-2-1-5-16-10(9)17-6-11(18,7-17)8-3-4-8/h1-2,5,8,18H,3-4,6-7H2. The number of hydrogen-bond donors (Lipinski definition) is 1. The molecule has 0 radical (unpaired) electrons. The van der Waals surface area contributed by atoms with Gasteiger partial charge in [-0.15, -0.1) is 0 Å². The molecule has 98 valence electrons. The lowest BCUT2D eigenvalue weighted by molar-refractivity contribution is -0.137. The first-order chi connectivity index (χ1) is 8.40. The Morgan fingerprint density at radius 2 is 2.00 bits per heavy atom. The van der Waals surface area contributed by atoms with E-state index in [1.54, 1.807) is 0 Å². The number of aliphatic hydroxyl groups is 1. The molecular formula is C12H13F3N2O. The number of β-amino-alcohol motifs (C(OH)–C–C–N with tert-alkyl or cyclic N) is 1. The molecule has 0 spiro atoms. The van der Waals surface area contributed by atoms with E-state index in [0.717, 1.165) is 18.9 Å². The number of hydrogen-bond acceptors (Lipinski definition) is 3. The first-order valence-corrected chi connectivity index (χ1v) is 5.90. The normalized spacial score (nSPS) is 22.8. The Bertz CT molecular complexity index is 465. The summed E-state index contributed by atoms with van der Waals surface area (Å²) in [5.41, 5.74) is -1.54. The molecule has 2 aliphatic rings. The van der Waals surface area contributed by atoms with Gasteiger partial charge in [0.25, 0.3) is 0 Å². The lowest BCUT2D eigenvalue weighted by Gasteiger charge is -2.48.